The summed E-state index contributed by atoms with van der Waals surface area (Å²) in [4.78, 5) is 20.4. The summed E-state index contributed by atoms with van der Waals surface area (Å²) in [6, 6.07) is 0. The molecule has 0 spiro atoms. The van der Waals surface area contributed by atoms with Crippen molar-refractivity contribution in [2.75, 3.05) is 5.90 Å². The third-order valence-corrected chi connectivity index (χ3v) is 8.51. The smallest absolute Gasteiger partial charge is 0.190 e. The Morgan fingerprint density at radius 1 is 0.706 bits per heavy atom. The molecule has 0 aromatic carbocycles. The maximum atomic E-state index is 10.2. The van der Waals surface area contributed by atoms with Crippen molar-refractivity contribution >= 4 is 15.9 Å². The molecule has 0 aromatic rings. The molecule has 2 aliphatic heterocycles. The average molecular weight is 286 g/mol. The van der Waals surface area contributed by atoms with Gasteiger partial charge in [0.2, 0.25) is 0 Å². The van der Waals surface area contributed by atoms with Gasteiger partial charge in [0.1, 0.15) is 24.4 Å². The highest BCUT2D eigenvalue weighted by Crippen LogP contribution is 2.78. The lowest BCUT2D eigenvalue weighted by Gasteiger charge is -2.12. The summed E-state index contributed by atoms with van der Waals surface area (Å²) in [5, 5.41) is 0. The second-order valence-electron chi connectivity index (χ2n) is 4.66. The predicted molar refractivity (Wildman–Crippen MR) is 65.3 cm³/mol. The highest BCUT2D eigenvalue weighted by atomic mass is 31.3. The van der Waals surface area contributed by atoms with Crippen molar-refractivity contribution in [2.45, 2.75) is 52.1 Å². The molecule has 2 rings (SSSR count). The van der Waals surface area contributed by atoms with Crippen molar-refractivity contribution in [3.63, 3.8) is 0 Å². The monoisotopic (exact) mass is 286 g/mol. The van der Waals surface area contributed by atoms with Crippen molar-refractivity contribution in [1.82, 2.24) is 0 Å². The summed E-state index contributed by atoms with van der Waals surface area (Å²) in [5.41, 5.74) is 0. The summed E-state index contributed by atoms with van der Waals surface area (Å²) < 4.78 is 21.6. The van der Waals surface area contributed by atoms with Gasteiger partial charge in [-0.3, -0.25) is 0 Å². The molecule has 4 atom stereocenters. The summed E-state index contributed by atoms with van der Waals surface area (Å²) >= 11 is 0. The highest BCUT2D eigenvalue weighted by molar-refractivity contribution is 7.78. The Kier molecular flexibility index (Phi) is 3.82. The molecule has 0 amide bonds. The molecule has 0 aliphatic carbocycles. The second kappa shape index (κ2) is 4.62. The molecule has 0 aromatic heterocycles. The fourth-order valence-corrected chi connectivity index (χ4v) is 7.53. The summed E-state index contributed by atoms with van der Waals surface area (Å²) in [6.07, 6.45) is -0.732. The molecule has 0 bridgehead atoms. The molecular weight excluding hydrogens is 266 g/mol. The molecule has 2 heterocycles. The van der Waals surface area contributed by atoms with Crippen molar-refractivity contribution in [2.24, 2.45) is 0 Å². The molecule has 2 aliphatic rings. The van der Waals surface area contributed by atoms with Crippen LogP contribution in [-0.2, 0) is 18.1 Å². The van der Waals surface area contributed by atoms with Gasteiger partial charge >= 0.3 is 21.8 Å². The van der Waals surface area contributed by atoms with Crippen LogP contribution in [0.2, 0.25) is 0 Å². The van der Waals surface area contributed by atoms with E-state index in [4.69, 9.17) is 18.1 Å². The van der Waals surface area contributed by atoms with Crippen LogP contribution < -0.4 is 0 Å². The standard InChI is InChI=1S/C9H20O6P2/c1-6-7(2)13-16(10,12-6)5-17(11)14-8(3)9(4)15-17/h6-11H,5H2,1-4H3/q+2. The van der Waals surface area contributed by atoms with Gasteiger partial charge in [0.25, 0.3) is 0 Å². The van der Waals surface area contributed by atoms with E-state index in [1.807, 2.05) is 27.7 Å². The summed E-state index contributed by atoms with van der Waals surface area (Å²) in [7, 11) is -6.10. The molecular formula is C9H20O6P2+2. The van der Waals surface area contributed by atoms with Gasteiger partial charge in [-0.05, 0) is 27.7 Å². The Morgan fingerprint density at radius 2 is 0.941 bits per heavy atom. The van der Waals surface area contributed by atoms with Crippen LogP contribution in [0.1, 0.15) is 27.7 Å². The Balaban J connectivity index is 2.02. The van der Waals surface area contributed by atoms with Crippen molar-refractivity contribution in [3.05, 3.63) is 0 Å². The number of hydrogen-bond donors (Lipinski definition) is 2. The molecule has 100 valence electrons. The van der Waals surface area contributed by atoms with E-state index < -0.39 is 15.9 Å². The number of rotatable bonds is 2. The van der Waals surface area contributed by atoms with Gasteiger partial charge in [-0.1, -0.05) is 0 Å². The van der Waals surface area contributed by atoms with Gasteiger partial charge in [0.15, 0.2) is 0 Å². The van der Waals surface area contributed by atoms with E-state index in [0.29, 0.717) is 0 Å². The minimum absolute atomic E-state index is 0.0800. The second-order valence-corrected chi connectivity index (χ2v) is 9.18. The summed E-state index contributed by atoms with van der Waals surface area (Å²) in [5.74, 6) is -0.0800. The van der Waals surface area contributed by atoms with Crippen molar-refractivity contribution in [1.29, 1.82) is 0 Å². The quantitative estimate of drug-likeness (QED) is 0.757. The first-order valence-electron chi connectivity index (χ1n) is 5.68. The lowest BCUT2D eigenvalue weighted by Crippen LogP contribution is -2.13. The zero-order chi connectivity index (χ0) is 12.8. The Labute approximate surface area is 102 Å². The van der Waals surface area contributed by atoms with Crippen LogP contribution in [0, 0.1) is 0 Å². The molecule has 2 fully saturated rings. The first-order valence-corrected chi connectivity index (χ1v) is 9.21. The van der Waals surface area contributed by atoms with Crippen LogP contribution in [0.25, 0.3) is 0 Å². The summed E-state index contributed by atoms with van der Waals surface area (Å²) in [6.45, 7) is 7.30. The third-order valence-electron chi connectivity index (χ3n) is 3.00. The van der Waals surface area contributed by atoms with Gasteiger partial charge in [0, 0.05) is 0 Å². The van der Waals surface area contributed by atoms with E-state index >= 15 is 0 Å². The van der Waals surface area contributed by atoms with Crippen molar-refractivity contribution in [3.8, 4) is 0 Å². The molecule has 6 nitrogen and oxygen atoms in total. The first-order chi connectivity index (χ1) is 7.73. The maximum Gasteiger partial charge on any atom is 0.457 e. The van der Waals surface area contributed by atoms with Crippen LogP contribution in [0.3, 0.4) is 0 Å². The lowest BCUT2D eigenvalue weighted by atomic mass is 10.3. The van der Waals surface area contributed by atoms with Gasteiger partial charge in [-0.15, -0.1) is 0 Å². The minimum atomic E-state index is -3.05. The van der Waals surface area contributed by atoms with E-state index in [0.717, 1.165) is 0 Å². The molecule has 4 unspecified atom stereocenters. The maximum absolute atomic E-state index is 10.2. The Hall–Kier alpha value is 0.620. The zero-order valence-corrected chi connectivity index (χ0v) is 12.2. The third kappa shape index (κ3) is 2.96. The highest BCUT2D eigenvalue weighted by Gasteiger charge is 2.68. The van der Waals surface area contributed by atoms with Gasteiger partial charge in [0.05, 0.1) is 0 Å². The largest absolute Gasteiger partial charge is 0.457 e. The van der Waals surface area contributed by atoms with E-state index in [1.54, 1.807) is 0 Å². The molecule has 2 saturated heterocycles. The molecule has 0 radical (unpaired) electrons. The van der Waals surface area contributed by atoms with Crippen LogP contribution in [0.5, 0.6) is 0 Å². The molecule has 2 N–H and O–H groups in total. The average Bonchev–Trinajstić information content (AvgIpc) is 2.51. The topological polar surface area (TPSA) is 77.4 Å². The van der Waals surface area contributed by atoms with Gasteiger partial charge < -0.3 is 0 Å². The fourth-order valence-electron chi connectivity index (χ4n) is 1.79. The number of hydrogen-bond acceptors (Lipinski definition) is 6. The van der Waals surface area contributed by atoms with Crippen LogP contribution in [-0.4, -0.2) is 40.1 Å². The normalized spacial score (nSPS) is 55.4. The van der Waals surface area contributed by atoms with Crippen molar-refractivity contribution < 1.29 is 27.9 Å². The van der Waals surface area contributed by atoms with E-state index in [9.17, 15) is 9.79 Å². The first kappa shape index (κ1) is 14.0. The SMILES string of the molecule is CC1O[P+](O)(C[P+]2(O)OC(C)C(C)O2)OC1C. The lowest BCUT2D eigenvalue weighted by molar-refractivity contribution is 0.187. The Bertz CT molecular complexity index is 253. The Morgan fingerprint density at radius 3 is 1.18 bits per heavy atom. The van der Waals surface area contributed by atoms with Gasteiger partial charge in [-0.25, -0.2) is 0 Å². The van der Waals surface area contributed by atoms with E-state index in [2.05, 4.69) is 0 Å². The molecule has 8 heteroatoms. The van der Waals surface area contributed by atoms with Gasteiger partial charge in [-0.2, -0.15) is 27.9 Å². The van der Waals surface area contributed by atoms with E-state index in [1.165, 1.54) is 0 Å². The van der Waals surface area contributed by atoms with Crippen LogP contribution in [0.4, 0.5) is 0 Å². The zero-order valence-electron chi connectivity index (χ0n) is 10.4. The minimum Gasteiger partial charge on any atom is -0.190 e. The van der Waals surface area contributed by atoms with Crippen LogP contribution >= 0.6 is 15.9 Å². The molecule has 17 heavy (non-hydrogen) atoms. The van der Waals surface area contributed by atoms with E-state index in [-0.39, 0.29) is 30.3 Å². The predicted octanol–water partition coefficient (Wildman–Crippen LogP) is 2.10. The molecule has 0 saturated carbocycles. The van der Waals surface area contributed by atoms with Crippen LogP contribution in [0.15, 0.2) is 0 Å². The fraction of sp³-hybridized carbons (Fsp3) is 1.00.